The minimum Gasteiger partial charge on any atom is -0.322 e. The second kappa shape index (κ2) is 8.52. The maximum Gasteiger partial charge on any atom is 0.271 e. The molecule has 3 aromatic rings. The van der Waals surface area contributed by atoms with Crippen LogP contribution in [0.2, 0.25) is 5.02 Å². The number of sulfonamides is 1. The van der Waals surface area contributed by atoms with Crippen molar-refractivity contribution < 1.29 is 18.1 Å². The molecular weight excluding hydrogens is 430 g/mol. The number of carbonyl (C=O) groups excluding carboxylic acids is 1. The molecule has 0 heterocycles. The summed E-state index contributed by atoms with van der Waals surface area (Å²) in [6.07, 6.45) is 0. The summed E-state index contributed by atoms with van der Waals surface area (Å²) in [4.78, 5) is 22.9. The van der Waals surface area contributed by atoms with E-state index in [4.69, 9.17) is 11.6 Å². The molecule has 0 saturated carbocycles. The first-order chi connectivity index (χ1) is 14.2. The van der Waals surface area contributed by atoms with Crippen LogP contribution < -0.4 is 10.0 Å². The maximum atomic E-state index is 12.6. The zero-order valence-corrected chi connectivity index (χ0v) is 17.2. The Bertz CT molecular complexity index is 1230. The normalized spacial score (nSPS) is 11.0. The Morgan fingerprint density at radius 2 is 1.73 bits per heavy atom. The molecular formula is C20H16ClN3O5S. The van der Waals surface area contributed by atoms with Crippen LogP contribution in [0.5, 0.6) is 0 Å². The molecule has 1 amide bonds. The van der Waals surface area contributed by atoms with Gasteiger partial charge in [-0.1, -0.05) is 23.7 Å². The fraction of sp³-hybridized carbons (Fsp3) is 0.0500. The van der Waals surface area contributed by atoms with E-state index in [2.05, 4.69) is 10.0 Å². The SMILES string of the molecule is Cc1ccc(C(=O)Nc2cccc([N+](=O)[O-])c2)cc1NS(=O)(=O)c1ccc(Cl)cc1. The molecule has 0 aliphatic carbocycles. The fourth-order valence-electron chi connectivity index (χ4n) is 2.59. The molecule has 8 nitrogen and oxygen atoms in total. The summed E-state index contributed by atoms with van der Waals surface area (Å²) < 4.78 is 27.7. The monoisotopic (exact) mass is 445 g/mol. The number of benzene rings is 3. The van der Waals surface area contributed by atoms with Crippen LogP contribution in [0.25, 0.3) is 0 Å². The molecule has 3 rings (SSSR count). The van der Waals surface area contributed by atoms with E-state index in [1.807, 2.05) is 0 Å². The number of non-ortho nitro benzene ring substituents is 1. The lowest BCUT2D eigenvalue weighted by molar-refractivity contribution is -0.384. The fourth-order valence-corrected chi connectivity index (χ4v) is 3.84. The molecule has 154 valence electrons. The summed E-state index contributed by atoms with van der Waals surface area (Å²) in [5, 5.41) is 13.9. The molecule has 0 spiro atoms. The van der Waals surface area contributed by atoms with Gasteiger partial charge in [0.1, 0.15) is 0 Å². The highest BCUT2D eigenvalue weighted by atomic mass is 35.5. The summed E-state index contributed by atoms with van der Waals surface area (Å²) in [6.45, 7) is 1.70. The Labute approximate surface area is 177 Å². The zero-order valence-electron chi connectivity index (χ0n) is 15.6. The molecule has 30 heavy (non-hydrogen) atoms. The van der Waals surface area contributed by atoms with Gasteiger partial charge in [0.15, 0.2) is 0 Å². The van der Waals surface area contributed by atoms with Crippen molar-refractivity contribution in [2.45, 2.75) is 11.8 Å². The zero-order chi connectivity index (χ0) is 21.9. The Kier molecular flexibility index (Phi) is 6.04. The van der Waals surface area contributed by atoms with Crippen LogP contribution in [0.4, 0.5) is 17.1 Å². The van der Waals surface area contributed by atoms with Gasteiger partial charge in [0.25, 0.3) is 21.6 Å². The number of amides is 1. The molecule has 0 unspecified atom stereocenters. The summed E-state index contributed by atoms with van der Waals surface area (Å²) >= 11 is 5.80. The van der Waals surface area contributed by atoms with E-state index in [0.29, 0.717) is 10.6 Å². The van der Waals surface area contributed by atoms with Crippen LogP contribution in [-0.2, 0) is 10.0 Å². The van der Waals surface area contributed by atoms with Gasteiger partial charge < -0.3 is 5.32 Å². The Balaban J connectivity index is 1.84. The van der Waals surface area contributed by atoms with Crippen molar-refractivity contribution in [3.8, 4) is 0 Å². The first kappa shape index (κ1) is 21.3. The number of nitro groups is 1. The predicted molar refractivity (Wildman–Crippen MR) is 114 cm³/mol. The number of carbonyl (C=O) groups is 1. The molecule has 0 aliphatic heterocycles. The Morgan fingerprint density at radius 1 is 1.03 bits per heavy atom. The average Bonchev–Trinajstić information content (AvgIpc) is 2.70. The Morgan fingerprint density at radius 3 is 2.40 bits per heavy atom. The Hall–Kier alpha value is -3.43. The van der Waals surface area contributed by atoms with Crippen molar-refractivity contribution in [2.24, 2.45) is 0 Å². The van der Waals surface area contributed by atoms with Gasteiger partial charge in [0.05, 0.1) is 15.5 Å². The van der Waals surface area contributed by atoms with Gasteiger partial charge in [0.2, 0.25) is 0 Å². The van der Waals surface area contributed by atoms with Crippen LogP contribution in [0, 0.1) is 17.0 Å². The van der Waals surface area contributed by atoms with Crippen LogP contribution >= 0.6 is 11.6 Å². The van der Waals surface area contributed by atoms with E-state index in [1.165, 1.54) is 60.7 Å². The highest BCUT2D eigenvalue weighted by Gasteiger charge is 2.17. The highest BCUT2D eigenvalue weighted by Crippen LogP contribution is 2.23. The van der Waals surface area contributed by atoms with Crippen molar-refractivity contribution in [3.63, 3.8) is 0 Å². The first-order valence-electron chi connectivity index (χ1n) is 8.60. The average molecular weight is 446 g/mol. The molecule has 0 aromatic heterocycles. The van der Waals surface area contributed by atoms with E-state index < -0.39 is 20.9 Å². The number of nitrogens with one attached hydrogen (secondary N) is 2. The third-order valence-corrected chi connectivity index (χ3v) is 5.82. The number of hydrogen-bond donors (Lipinski definition) is 2. The van der Waals surface area contributed by atoms with Crippen LogP contribution in [-0.4, -0.2) is 19.2 Å². The second-order valence-corrected chi connectivity index (χ2v) is 8.47. The van der Waals surface area contributed by atoms with E-state index in [-0.39, 0.29) is 27.5 Å². The van der Waals surface area contributed by atoms with Crippen LogP contribution in [0.1, 0.15) is 15.9 Å². The third kappa shape index (κ3) is 4.94. The van der Waals surface area contributed by atoms with Gasteiger partial charge in [-0.3, -0.25) is 19.6 Å². The number of anilines is 2. The van der Waals surface area contributed by atoms with E-state index in [9.17, 15) is 23.3 Å². The largest absolute Gasteiger partial charge is 0.322 e. The number of rotatable bonds is 6. The van der Waals surface area contributed by atoms with Crippen LogP contribution in [0.3, 0.4) is 0 Å². The minimum absolute atomic E-state index is 0.0257. The van der Waals surface area contributed by atoms with Crippen molar-refractivity contribution >= 4 is 44.6 Å². The van der Waals surface area contributed by atoms with Gasteiger partial charge in [-0.05, 0) is 55.0 Å². The molecule has 0 bridgehead atoms. The van der Waals surface area contributed by atoms with Crippen molar-refractivity contribution in [1.82, 2.24) is 0 Å². The van der Waals surface area contributed by atoms with Crippen molar-refractivity contribution in [3.05, 3.63) is 93.0 Å². The number of nitro benzene ring substituents is 1. The second-order valence-electron chi connectivity index (χ2n) is 6.35. The summed E-state index contributed by atoms with van der Waals surface area (Å²) in [5.74, 6) is -0.539. The molecule has 0 radical (unpaired) electrons. The topological polar surface area (TPSA) is 118 Å². The highest BCUT2D eigenvalue weighted by molar-refractivity contribution is 7.92. The summed E-state index contributed by atoms with van der Waals surface area (Å²) in [7, 11) is -3.88. The standard InChI is InChI=1S/C20H16ClN3O5S/c1-13-5-6-14(20(25)22-16-3-2-4-17(12-16)24(26)27)11-19(13)23-30(28,29)18-9-7-15(21)8-10-18/h2-12,23H,1H3,(H,22,25). The van der Waals surface area contributed by atoms with Crippen molar-refractivity contribution in [1.29, 1.82) is 0 Å². The van der Waals surface area contributed by atoms with Gasteiger partial charge in [0, 0.05) is 28.4 Å². The number of hydrogen-bond acceptors (Lipinski definition) is 5. The molecule has 2 N–H and O–H groups in total. The number of aryl methyl sites for hydroxylation is 1. The molecule has 0 fully saturated rings. The lowest BCUT2D eigenvalue weighted by atomic mass is 10.1. The third-order valence-electron chi connectivity index (χ3n) is 4.18. The predicted octanol–water partition coefficient (Wildman–Crippen LogP) is 4.61. The van der Waals surface area contributed by atoms with Gasteiger partial charge in [-0.15, -0.1) is 0 Å². The number of halogens is 1. The molecule has 0 aliphatic rings. The summed E-state index contributed by atoms with van der Waals surface area (Å²) in [5.41, 5.74) is 1.11. The van der Waals surface area contributed by atoms with Gasteiger partial charge in [-0.25, -0.2) is 8.42 Å². The number of nitrogens with zero attached hydrogens (tertiary/aromatic N) is 1. The first-order valence-corrected chi connectivity index (χ1v) is 10.5. The van der Waals surface area contributed by atoms with Crippen molar-refractivity contribution in [2.75, 3.05) is 10.0 Å². The quantitative estimate of drug-likeness (QED) is 0.424. The smallest absolute Gasteiger partial charge is 0.271 e. The molecule has 0 atom stereocenters. The lowest BCUT2D eigenvalue weighted by Crippen LogP contribution is -2.16. The minimum atomic E-state index is -3.88. The molecule has 10 heteroatoms. The molecule has 3 aromatic carbocycles. The lowest BCUT2D eigenvalue weighted by Gasteiger charge is -2.13. The maximum absolute atomic E-state index is 12.6. The molecule has 0 saturated heterocycles. The van der Waals surface area contributed by atoms with Gasteiger partial charge >= 0.3 is 0 Å². The van der Waals surface area contributed by atoms with E-state index in [0.717, 1.165) is 0 Å². The summed E-state index contributed by atoms with van der Waals surface area (Å²) in [6, 6.07) is 15.7. The van der Waals surface area contributed by atoms with E-state index >= 15 is 0 Å². The van der Waals surface area contributed by atoms with Crippen LogP contribution in [0.15, 0.2) is 71.6 Å². The van der Waals surface area contributed by atoms with E-state index in [1.54, 1.807) is 13.0 Å². The van der Waals surface area contributed by atoms with Gasteiger partial charge in [-0.2, -0.15) is 0 Å².